The van der Waals surface area contributed by atoms with Crippen molar-refractivity contribution in [3.05, 3.63) is 36.0 Å². The van der Waals surface area contributed by atoms with Crippen LogP contribution >= 0.6 is 0 Å². The lowest BCUT2D eigenvalue weighted by Gasteiger charge is -2.58. The number of aromatic nitrogens is 2. The third-order valence-corrected chi connectivity index (χ3v) is 8.57. The monoisotopic (exact) mass is 458 g/mol. The van der Waals surface area contributed by atoms with Crippen molar-refractivity contribution in [3.63, 3.8) is 0 Å². The van der Waals surface area contributed by atoms with Gasteiger partial charge < -0.3 is 20.6 Å². The third-order valence-electron chi connectivity index (χ3n) is 8.57. The Morgan fingerprint density at radius 1 is 1.06 bits per heavy atom. The molecule has 0 amide bonds. The standard InChI is InChI=1S/C26H35BN6O/c1-32-6-8-33(9-7-32)16-17-2-4-21(5-3-17)29-25-28-15-22(27)24(31-25)30-23-19-10-18-11-20(23)14-26(34,12-18)13-19/h2-5,15,18-20,23,34H,6-14,16H2,1H3,(H2,28,29,30,31). The highest BCUT2D eigenvalue weighted by Crippen LogP contribution is 2.56. The van der Waals surface area contributed by atoms with Crippen molar-refractivity contribution in [2.24, 2.45) is 17.8 Å². The number of aliphatic hydroxyl groups is 1. The molecule has 5 aliphatic rings. The summed E-state index contributed by atoms with van der Waals surface area (Å²) in [6, 6.07) is 8.87. The maximum atomic E-state index is 10.9. The van der Waals surface area contributed by atoms with Crippen molar-refractivity contribution < 1.29 is 5.11 Å². The SMILES string of the molecule is [B]c1cnc(Nc2ccc(CN3CCN(C)CC3)cc2)nc1NC1C2CC3CC1CC(O)(C3)C2. The van der Waals surface area contributed by atoms with Crippen LogP contribution in [0.1, 0.15) is 37.7 Å². The zero-order valence-electron chi connectivity index (χ0n) is 20.1. The summed E-state index contributed by atoms with van der Waals surface area (Å²) in [5, 5.41) is 17.9. The summed E-state index contributed by atoms with van der Waals surface area (Å²) in [7, 11) is 8.44. The number of nitrogens with zero attached hydrogens (tertiary/aromatic N) is 4. The Balaban J connectivity index is 1.10. The first-order valence-corrected chi connectivity index (χ1v) is 12.8. The van der Waals surface area contributed by atoms with Crippen LogP contribution in [0.25, 0.3) is 0 Å². The summed E-state index contributed by atoms with van der Waals surface area (Å²) in [4.78, 5) is 14.0. The van der Waals surface area contributed by atoms with Gasteiger partial charge in [0.2, 0.25) is 5.95 Å². The summed E-state index contributed by atoms with van der Waals surface area (Å²) >= 11 is 0. The van der Waals surface area contributed by atoms with E-state index in [1.807, 2.05) is 0 Å². The molecular formula is C26H35BN6O. The lowest BCUT2D eigenvalue weighted by molar-refractivity contribution is -0.129. The second kappa shape index (κ2) is 8.81. The number of benzene rings is 1. The van der Waals surface area contributed by atoms with E-state index in [1.54, 1.807) is 6.20 Å². The largest absolute Gasteiger partial charge is 0.390 e. The highest BCUT2D eigenvalue weighted by atomic mass is 16.3. The maximum Gasteiger partial charge on any atom is 0.229 e. The Labute approximate surface area is 203 Å². The van der Waals surface area contributed by atoms with Gasteiger partial charge in [0.25, 0.3) is 0 Å². The predicted molar refractivity (Wildman–Crippen MR) is 136 cm³/mol. The van der Waals surface area contributed by atoms with Crippen LogP contribution in [0.2, 0.25) is 0 Å². The predicted octanol–water partition coefficient (Wildman–Crippen LogP) is 2.11. The molecule has 4 bridgehead atoms. The van der Waals surface area contributed by atoms with Gasteiger partial charge in [0.1, 0.15) is 13.7 Å². The lowest BCUT2D eigenvalue weighted by Crippen LogP contribution is -2.59. The first kappa shape index (κ1) is 22.3. The number of hydrogen-bond acceptors (Lipinski definition) is 7. The van der Waals surface area contributed by atoms with Crippen molar-refractivity contribution in [1.82, 2.24) is 19.8 Å². The molecule has 0 spiro atoms. The average Bonchev–Trinajstić information content (AvgIpc) is 2.80. The molecule has 34 heavy (non-hydrogen) atoms. The zero-order valence-corrected chi connectivity index (χ0v) is 20.1. The summed E-state index contributed by atoms with van der Waals surface area (Å²) < 4.78 is 0. The van der Waals surface area contributed by atoms with Crippen LogP contribution in [0.3, 0.4) is 0 Å². The number of hydrogen-bond donors (Lipinski definition) is 3. The van der Waals surface area contributed by atoms with Crippen molar-refractivity contribution in [2.45, 2.75) is 50.3 Å². The molecule has 1 aromatic heterocycles. The minimum Gasteiger partial charge on any atom is -0.390 e. The van der Waals surface area contributed by atoms with Gasteiger partial charge in [-0.15, -0.1) is 0 Å². The molecule has 2 aromatic rings. The topological polar surface area (TPSA) is 76.6 Å². The number of likely N-dealkylation sites (N-methyl/N-ethyl adjacent to an activating group) is 1. The average molecular weight is 458 g/mol. The Hall–Kier alpha value is -2.16. The molecule has 7 rings (SSSR count). The van der Waals surface area contributed by atoms with E-state index in [1.165, 1.54) is 18.4 Å². The summed E-state index contributed by atoms with van der Waals surface area (Å²) in [5.41, 5.74) is 2.42. The first-order chi connectivity index (χ1) is 16.4. The normalized spacial score (nSPS) is 33.2. The summed E-state index contributed by atoms with van der Waals surface area (Å²) in [5.74, 6) is 2.92. The second-order valence-corrected chi connectivity index (χ2v) is 11.3. The number of nitrogens with one attached hydrogen (secondary N) is 2. The Morgan fingerprint density at radius 3 is 2.44 bits per heavy atom. The van der Waals surface area contributed by atoms with Gasteiger partial charge in [-0.3, -0.25) is 4.90 Å². The van der Waals surface area contributed by atoms with Crippen LogP contribution in [-0.4, -0.2) is 77.6 Å². The summed E-state index contributed by atoms with van der Waals surface area (Å²) in [6.45, 7) is 5.49. The van der Waals surface area contributed by atoms with Crippen LogP contribution in [0.15, 0.2) is 30.5 Å². The van der Waals surface area contributed by atoms with E-state index < -0.39 is 5.60 Å². The van der Waals surface area contributed by atoms with Gasteiger partial charge in [0, 0.05) is 50.6 Å². The van der Waals surface area contributed by atoms with Gasteiger partial charge in [0.15, 0.2) is 0 Å². The van der Waals surface area contributed by atoms with E-state index >= 15 is 0 Å². The molecule has 7 nitrogen and oxygen atoms in total. The van der Waals surface area contributed by atoms with Gasteiger partial charge in [-0.25, -0.2) is 4.98 Å². The molecular weight excluding hydrogens is 423 g/mol. The molecule has 1 saturated heterocycles. The van der Waals surface area contributed by atoms with Gasteiger partial charge in [-0.05, 0) is 80.1 Å². The fraction of sp³-hybridized carbons (Fsp3) is 0.615. The zero-order chi connectivity index (χ0) is 23.3. The molecule has 1 aliphatic heterocycles. The quantitative estimate of drug-likeness (QED) is 0.573. The minimum absolute atomic E-state index is 0.329. The van der Waals surface area contributed by atoms with Crippen LogP contribution in [0.4, 0.5) is 17.5 Å². The lowest BCUT2D eigenvalue weighted by atomic mass is 9.52. The summed E-state index contributed by atoms with van der Waals surface area (Å²) in [6.07, 6.45) is 6.87. The second-order valence-electron chi connectivity index (χ2n) is 11.3. The molecule has 2 radical (unpaired) electrons. The minimum atomic E-state index is -0.435. The van der Waals surface area contributed by atoms with Crippen LogP contribution in [-0.2, 0) is 6.54 Å². The molecule has 4 aliphatic carbocycles. The van der Waals surface area contributed by atoms with E-state index in [0.717, 1.165) is 57.7 Å². The van der Waals surface area contributed by atoms with E-state index in [4.69, 9.17) is 12.8 Å². The van der Waals surface area contributed by atoms with Crippen LogP contribution in [0, 0.1) is 17.8 Å². The fourth-order valence-electron chi connectivity index (χ4n) is 7.03. The molecule has 178 valence electrons. The van der Waals surface area contributed by atoms with E-state index in [9.17, 15) is 5.11 Å². The number of rotatable bonds is 6. The van der Waals surface area contributed by atoms with Crippen LogP contribution in [0.5, 0.6) is 0 Å². The van der Waals surface area contributed by atoms with Crippen molar-refractivity contribution in [2.75, 3.05) is 43.9 Å². The molecule has 2 heterocycles. The molecule has 2 unspecified atom stereocenters. The molecule has 3 N–H and O–H groups in total. The third kappa shape index (κ3) is 4.55. The highest BCUT2D eigenvalue weighted by Gasteiger charge is 2.54. The van der Waals surface area contributed by atoms with E-state index in [2.05, 4.69) is 56.7 Å². The molecule has 4 saturated carbocycles. The molecule has 5 fully saturated rings. The molecule has 8 heteroatoms. The Morgan fingerprint density at radius 2 is 1.76 bits per heavy atom. The highest BCUT2D eigenvalue weighted by molar-refractivity contribution is 6.35. The van der Waals surface area contributed by atoms with E-state index in [-0.39, 0.29) is 0 Å². The van der Waals surface area contributed by atoms with E-state index in [0.29, 0.717) is 41.0 Å². The maximum absolute atomic E-state index is 10.9. The van der Waals surface area contributed by atoms with Crippen molar-refractivity contribution in [3.8, 4) is 0 Å². The molecule has 1 aromatic carbocycles. The van der Waals surface area contributed by atoms with Crippen LogP contribution < -0.4 is 16.1 Å². The van der Waals surface area contributed by atoms with Crippen molar-refractivity contribution >= 4 is 30.8 Å². The van der Waals surface area contributed by atoms with Gasteiger partial charge in [0.05, 0.1) is 5.60 Å². The van der Waals surface area contributed by atoms with Gasteiger partial charge in [-0.1, -0.05) is 12.1 Å². The smallest absolute Gasteiger partial charge is 0.229 e. The fourth-order valence-corrected chi connectivity index (χ4v) is 7.03. The Bertz CT molecular complexity index is 1010. The Kier molecular flexibility index (Phi) is 5.78. The van der Waals surface area contributed by atoms with Gasteiger partial charge >= 0.3 is 0 Å². The van der Waals surface area contributed by atoms with Crippen molar-refractivity contribution in [1.29, 1.82) is 0 Å². The number of piperazine rings is 1. The molecule has 2 atom stereocenters. The van der Waals surface area contributed by atoms with Gasteiger partial charge in [-0.2, -0.15) is 4.98 Å². The first-order valence-electron chi connectivity index (χ1n) is 12.8. The number of anilines is 3.